The van der Waals surface area contributed by atoms with Gasteiger partial charge in [-0.25, -0.2) is 4.79 Å². The van der Waals surface area contributed by atoms with Gasteiger partial charge in [0.05, 0.1) is 17.6 Å². The van der Waals surface area contributed by atoms with E-state index in [-0.39, 0.29) is 6.42 Å². The molecule has 1 atom stereocenters. The van der Waals surface area contributed by atoms with Gasteiger partial charge in [0.25, 0.3) is 5.60 Å². The van der Waals surface area contributed by atoms with E-state index in [9.17, 15) is 9.90 Å². The number of aliphatic carboxylic acids is 1. The summed E-state index contributed by atoms with van der Waals surface area (Å²) in [6, 6.07) is 7.58. The van der Waals surface area contributed by atoms with E-state index in [1.807, 2.05) is 24.3 Å². The van der Waals surface area contributed by atoms with Crippen LogP contribution >= 0.6 is 15.9 Å². The number of rotatable bonds is 3. The molecule has 0 aliphatic carbocycles. The minimum absolute atomic E-state index is 0.152. The number of fused-ring (bicyclic) bond motifs is 1. The number of hydrogen-bond donors (Lipinski definition) is 1. The Kier molecular flexibility index (Phi) is 3.25. The van der Waals surface area contributed by atoms with Crippen LogP contribution in [0, 0.1) is 0 Å². The average Bonchev–Trinajstić information content (AvgIpc) is 2.92. The maximum atomic E-state index is 11.3. The molecule has 1 aliphatic rings. The third kappa shape index (κ3) is 2.31. The lowest BCUT2D eigenvalue weighted by Crippen LogP contribution is -2.36. The predicted octanol–water partition coefficient (Wildman–Crippen LogP) is 3.13. The molecule has 106 valence electrons. The second kappa shape index (κ2) is 4.96. The van der Waals surface area contributed by atoms with Gasteiger partial charge in [-0.15, -0.1) is 0 Å². The first-order valence-corrected chi connectivity index (χ1v) is 7.01. The highest BCUT2D eigenvalue weighted by Gasteiger charge is 2.44. The molecular weight excluding hydrogens is 336 g/mol. The van der Waals surface area contributed by atoms with Crippen molar-refractivity contribution in [3.8, 4) is 0 Å². The Morgan fingerprint density at radius 3 is 2.95 bits per heavy atom. The summed E-state index contributed by atoms with van der Waals surface area (Å²) < 4.78 is 0.878. The van der Waals surface area contributed by atoms with Gasteiger partial charge in [0.15, 0.2) is 0 Å². The van der Waals surface area contributed by atoms with Gasteiger partial charge in [0.2, 0.25) is 0 Å². The highest BCUT2D eigenvalue weighted by atomic mass is 79.9. The van der Waals surface area contributed by atoms with Crippen LogP contribution in [0.3, 0.4) is 0 Å². The summed E-state index contributed by atoms with van der Waals surface area (Å²) in [4.78, 5) is 20.7. The number of pyridine rings is 1. The van der Waals surface area contributed by atoms with Gasteiger partial charge >= 0.3 is 5.97 Å². The molecule has 2 heterocycles. The molecule has 1 aromatic heterocycles. The summed E-state index contributed by atoms with van der Waals surface area (Å²) in [6.07, 6.45) is 3.15. The smallest absolute Gasteiger partial charge is 0.355 e. The molecule has 0 amide bonds. The van der Waals surface area contributed by atoms with Crippen molar-refractivity contribution in [3.05, 3.63) is 53.2 Å². The maximum absolute atomic E-state index is 11.3. The van der Waals surface area contributed by atoms with Crippen LogP contribution < -0.4 is 0 Å². The highest BCUT2D eigenvalue weighted by Crippen LogP contribution is 2.29. The summed E-state index contributed by atoms with van der Waals surface area (Å²) in [7, 11) is 0. The van der Waals surface area contributed by atoms with E-state index in [0.717, 1.165) is 20.9 Å². The molecule has 0 saturated carbocycles. The molecule has 1 unspecified atom stereocenters. The molecule has 5 nitrogen and oxygen atoms in total. The number of oxime groups is 1. The number of benzene rings is 1. The Morgan fingerprint density at radius 1 is 1.48 bits per heavy atom. The molecule has 0 fully saturated rings. The number of carbonyl (C=O) groups is 1. The zero-order valence-electron chi connectivity index (χ0n) is 10.9. The van der Waals surface area contributed by atoms with E-state index in [0.29, 0.717) is 5.71 Å². The second-order valence-corrected chi connectivity index (χ2v) is 5.68. The fourth-order valence-electron chi connectivity index (χ4n) is 2.20. The molecule has 0 radical (unpaired) electrons. The molecule has 2 aromatic rings. The van der Waals surface area contributed by atoms with Crippen LogP contribution in [0.5, 0.6) is 0 Å². The van der Waals surface area contributed by atoms with E-state index >= 15 is 0 Å². The largest absolute Gasteiger partial charge is 0.478 e. The van der Waals surface area contributed by atoms with Crippen molar-refractivity contribution in [3.63, 3.8) is 0 Å². The van der Waals surface area contributed by atoms with Crippen molar-refractivity contribution >= 4 is 38.5 Å². The van der Waals surface area contributed by atoms with Gasteiger partial charge in [-0.3, -0.25) is 4.98 Å². The molecule has 6 heteroatoms. The van der Waals surface area contributed by atoms with Crippen molar-refractivity contribution < 1.29 is 14.7 Å². The number of carboxylic acid groups (broad SMARTS) is 1. The van der Waals surface area contributed by atoms with Crippen molar-refractivity contribution in [2.45, 2.75) is 12.0 Å². The first-order chi connectivity index (χ1) is 10.0. The van der Waals surface area contributed by atoms with Gasteiger partial charge in [0, 0.05) is 21.6 Å². The standard InChI is InChI=1S/C15H11BrN2O3/c1-2-15(14(19)20)7-13(18-21-15)9-3-4-12-10(5-9)6-11(16)8-17-12/h2-6,8H,1,7H2,(H,19,20). The van der Waals surface area contributed by atoms with Crippen molar-refractivity contribution in [1.82, 2.24) is 4.98 Å². The van der Waals surface area contributed by atoms with E-state index in [1.54, 1.807) is 6.20 Å². The summed E-state index contributed by atoms with van der Waals surface area (Å²) in [5, 5.41) is 14.1. The minimum Gasteiger partial charge on any atom is -0.478 e. The molecule has 1 aromatic carbocycles. The normalized spacial score (nSPS) is 20.9. The van der Waals surface area contributed by atoms with Crippen LogP contribution in [0.2, 0.25) is 0 Å². The zero-order chi connectivity index (χ0) is 15.0. The SMILES string of the molecule is C=CC1(C(=O)O)CC(c2ccc3ncc(Br)cc3c2)=NO1. The van der Waals surface area contributed by atoms with Crippen molar-refractivity contribution in [2.75, 3.05) is 0 Å². The summed E-state index contributed by atoms with van der Waals surface area (Å²) in [6.45, 7) is 3.53. The molecule has 0 spiro atoms. The Labute approximate surface area is 129 Å². The fraction of sp³-hybridized carbons (Fsp3) is 0.133. The number of aromatic nitrogens is 1. The predicted molar refractivity (Wildman–Crippen MR) is 82.2 cm³/mol. The highest BCUT2D eigenvalue weighted by molar-refractivity contribution is 9.10. The van der Waals surface area contributed by atoms with Crippen LogP contribution in [-0.2, 0) is 9.63 Å². The monoisotopic (exact) mass is 346 g/mol. The van der Waals surface area contributed by atoms with Gasteiger partial charge < -0.3 is 9.94 Å². The number of nitrogens with zero attached hydrogens (tertiary/aromatic N) is 2. The van der Waals surface area contributed by atoms with Crippen LogP contribution in [0.1, 0.15) is 12.0 Å². The molecule has 0 saturated heterocycles. The molecule has 1 aliphatic heterocycles. The summed E-state index contributed by atoms with van der Waals surface area (Å²) in [5.41, 5.74) is 0.779. The van der Waals surface area contributed by atoms with E-state index < -0.39 is 11.6 Å². The van der Waals surface area contributed by atoms with Gasteiger partial charge in [-0.1, -0.05) is 17.8 Å². The second-order valence-electron chi connectivity index (χ2n) is 4.77. The Bertz CT molecular complexity index is 788. The first kappa shape index (κ1) is 13.8. The number of halogens is 1. The molecule has 21 heavy (non-hydrogen) atoms. The van der Waals surface area contributed by atoms with Crippen LogP contribution in [-0.4, -0.2) is 27.4 Å². The minimum atomic E-state index is -1.47. The van der Waals surface area contributed by atoms with Crippen molar-refractivity contribution in [2.24, 2.45) is 5.16 Å². The van der Waals surface area contributed by atoms with Crippen LogP contribution in [0.15, 0.2) is 52.7 Å². The Hall–Kier alpha value is -2.21. The van der Waals surface area contributed by atoms with E-state index in [1.165, 1.54) is 6.08 Å². The zero-order valence-corrected chi connectivity index (χ0v) is 12.5. The third-order valence-electron chi connectivity index (χ3n) is 3.42. The van der Waals surface area contributed by atoms with Crippen LogP contribution in [0.25, 0.3) is 10.9 Å². The number of hydrogen-bond acceptors (Lipinski definition) is 4. The summed E-state index contributed by atoms with van der Waals surface area (Å²) in [5.74, 6) is -1.10. The van der Waals surface area contributed by atoms with E-state index in [4.69, 9.17) is 4.84 Å². The lowest BCUT2D eigenvalue weighted by molar-refractivity contribution is -0.156. The quantitative estimate of drug-likeness (QED) is 0.866. The fourth-order valence-corrected chi connectivity index (χ4v) is 2.55. The molecule has 1 N–H and O–H groups in total. The molecule has 0 bridgehead atoms. The summed E-state index contributed by atoms with van der Waals surface area (Å²) >= 11 is 3.38. The van der Waals surface area contributed by atoms with Gasteiger partial charge in [-0.05, 0) is 40.2 Å². The number of carboxylic acids is 1. The first-order valence-electron chi connectivity index (χ1n) is 6.22. The van der Waals surface area contributed by atoms with Gasteiger partial charge in [0.1, 0.15) is 0 Å². The Morgan fingerprint density at radius 2 is 2.29 bits per heavy atom. The molecule has 3 rings (SSSR count). The van der Waals surface area contributed by atoms with Crippen molar-refractivity contribution in [1.29, 1.82) is 0 Å². The Balaban J connectivity index is 1.99. The van der Waals surface area contributed by atoms with Gasteiger partial charge in [-0.2, -0.15) is 0 Å². The van der Waals surface area contributed by atoms with E-state index in [2.05, 4.69) is 32.6 Å². The third-order valence-corrected chi connectivity index (χ3v) is 3.86. The average molecular weight is 347 g/mol. The lowest BCUT2D eigenvalue weighted by Gasteiger charge is -2.15. The lowest BCUT2D eigenvalue weighted by atomic mass is 9.94. The maximum Gasteiger partial charge on any atom is 0.355 e. The van der Waals surface area contributed by atoms with Crippen LogP contribution in [0.4, 0.5) is 0 Å². The topological polar surface area (TPSA) is 71.8 Å². The molecular formula is C15H11BrN2O3.